The van der Waals surface area contributed by atoms with Crippen LogP contribution in [-0.2, 0) is 10.3 Å². The molecular weight excluding hydrogens is 210 g/mol. The third kappa shape index (κ3) is 1.94. The van der Waals surface area contributed by atoms with E-state index in [1.807, 2.05) is 0 Å². The van der Waals surface area contributed by atoms with Crippen molar-refractivity contribution >= 4 is 5.97 Å². The van der Waals surface area contributed by atoms with Gasteiger partial charge < -0.3 is 15.3 Å². The number of hydrogen-bond acceptors (Lipinski definition) is 4. The Morgan fingerprint density at radius 1 is 1.19 bits per heavy atom. The van der Waals surface area contributed by atoms with Gasteiger partial charge in [-0.05, 0) is 38.7 Å². The number of nitrogens with zero attached hydrogens (tertiary/aromatic N) is 1. The summed E-state index contributed by atoms with van der Waals surface area (Å²) in [6, 6.07) is 3.81. The molecule has 16 heavy (non-hydrogen) atoms. The molecule has 0 aliphatic rings. The summed E-state index contributed by atoms with van der Waals surface area (Å²) in [7, 11) is 3.24. The summed E-state index contributed by atoms with van der Waals surface area (Å²) in [5.41, 5.74) is -0.974. The zero-order valence-corrected chi connectivity index (χ0v) is 9.43. The van der Waals surface area contributed by atoms with E-state index in [9.17, 15) is 20.1 Å². The molecule has 1 rings (SSSR count). The van der Waals surface area contributed by atoms with Crippen molar-refractivity contribution < 1.29 is 20.1 Å². The molecule has 0 radical (unpaired) electrons. The van der Waals surface area contributed by atoms with Crippen LogP contribution in [0.15, 0.2) is 18.2 Å². The summed E-state index contributed by atoms with van der Waals surface area (Å²) in [5, 5.41) is 27.9. The van der Waals surface area contributed by atoms with Gasteiger partial charge in [0.05, 0.1) is 0 Å². The van der Waals surface area contributed by atoms with Gasteiger partial charge in [0.1, 0.15) is 17.0 Å². The van der Waals surface area contributed by atoms with Crippen molar-refractivity contribution in [3.05, 3.63) is 23.8 Å². The second-order valence-electron chi connectivity index (χ2n) is 4.01. The molecule has 88 valence electrons. The summed E-state index contributed by atoms with van der Waals surface area (Å²) in [5.74, 6) is -1.38. The Morgan fingerprint density at radius 2 is 1.62 bits per heavy atom. The molecule has 0 aliphatic heterocycles. The molecule has 0 heterocycles. The second kappa shape index (κ2) is 4.02. The van der Waals surface area contributed by atoms with Gasteiger partial charge in [0.15, 0.2) is 0 Å². The SMILES string of the molecule is CN(C)C(C)(C(=O)O)c1cc(O)cc(O)c1. The van der Waals surface area contributed by atoms with Gasteiger partial charge in [-0.25, -0.2) is 4.79 Å². The van der Waals surface area contributed by atoms with Gasteiger partial charge in [0, 0.05) is 6.07 Å². The van der Waals surface area contributed by atoms with Crippen LogP contribution in [0.2, 0.25) is 0 Å². The van der Waals surface area contributed by atoms with E-state index < -0.39 is 11.5 Å². The first-order chi connectivity index (χ1) is 7.28. The first kappa shape index (κ1) is 12.3. The molecule has 0 aromatic heterocycles. The lowest BCUT2D eigenvalue weighted by Crippen LogP contribution is -2.45. The van der Waals surface area contributed by atoms with Crippen LogP contribution in [0.1, 0.15) is 12.5 Å². The highest BCUT2D eigenvalue weighted by molar-refractivity contribution is 5.80. The fraction of sp³-hybridized carbons (Fsp3) is 0.364. The highest BCUT2D eigenvalue weighted by atomic mass is 16.4. The number of benzene rings is 1. The highest BCUT2D eigenvalue weighted by Crippen LogP contribution is 2.32. The minimum atomic E-state index is -1.30. The Hall–Kier alpha value is -1.75. The lowest BCUT2D eigenvalue weighted by Gasteiger charge is -2.32. The van der Waals surface area contributed by atoms with Crippen LogP contribution in [0.25, 0.3) is 0 Å². The van der Waals surface area contributed by atoms with Crippen LogP contribution < -0.4 is 0 Å². The molecule has 5 nitrogen and oxygen atoms in total. The van der Waals surface area contributed by atoms with Gasteiger partial charge in [-0.1, -0.05) is 0 Å². The van der Waals surface area contributed by atoms with Gasteiger partial charge in [0.2, 0.25) is 0 Å². The normalized spacial score (nSPS) is 14.8. The number of hydrogen-bond donors (Lipinski definition) is 3. The number of rotatable bonds is 3. The second-order valence-corrected chi connectivity index (χ2v) is 4.01. The molecule has 1 unspecified atom stereocenters. The predicted octanol–water partition coefficient (Wildman–Crippen LogP) is 0.959. The summed E-state index contributed by atoms with van der Waals surface area (Å²) < 4.78 is 0. The van der Waals surface area contributed by atoms with Gasteiger partial charge in [-0.15, -0.1) is 0 Å². The van der Waals surface area contributed by atoms with Crippen LogP contribution in [0, 0.1) is 0 Å². The van der Waals surface area contributed by atoms with Crippen molar-refractivity contribution in [1.82, 2.24) is 4.90 Å². The average molecular weight is 225 g/mol. The van der Waals surface area contributed by atoms with Crippen molar-refractivity contribution in [2.45, 2.75) is 12.5 Å². The molecule has 0 aliphatic carbocycles. The lowest BCUT2D eigenvalue weighted by molar-refractivity contribution is -0.149. The predicted molar refractivity (Wildman–Crippen MR) is 58.4 cm³/mol. The van der Waals surface area contributed by atoms with Crippen LogP contribution in [0.5, 0.6) is 11.5 Å². The Labute approximate surface area is 93.6 Å². The van der Waals surface area contributed by atoms with E-state index in [0.29, 0.717) is 5.56 Å². The minimum Gasteiger partial charge on any atom is -0.508 e. The third-order valence-electron chi connectivity index (χ3n) is 2.78. The molecule has 1 aromatic rings. The van der Waals surface area contributed by atoms with E-state index in [-0.39, 0.29) is 11.5 Å². The minimum absolute atomic E-state index is 0.163. The van der Waals surface area contributed by atoms with Crippen molar-refractivity contribution in [3.63, 3.8) is 0 Å². The average Bonchev–Trinajstić information content (AvgIpc) is 2.14. The Kier molecular flexibility index (Phi) is 3.09. The van der Waals surface area contributed by atoms with Crippen molar-refractivity contribution in [1.29, 1.82) is 0 Å². The maximum absolute atomic E-state index is 11.3. The largest absolute Gasteiger partial charge is 0.508 e. The summed E-state index contributed by atoms with van der Waals surface area (Å²) >= 11 is 0. The molecule has 0 bridgehead atoms. The van der Waals surface area contributed by atoms with E-state index in [4.69, 9.17) is 0 Å². The first-order valence-corrected chi connectivity index (χ1v) is 4.73. The fourth-order valence-corrected chi connectivity index (χ4v) is 1.45. The number of phenols is 2. The number of carboxylic acids is 1. The van der Waals surface area contributed by atoms with Crippen LogP contribution in [0.3, 0.4) is 0 Å². The number of aliphatic carboxylic acids is 1. The highest BCUT2D eigenvalue weighted by Gasteiger charge is 2.38. The van der Waals surface area contributed by atoms with Crippen LogP contribution in [-0.4, -0.2) is 40.3 Å². The Bertz CT molecular complexity index is 396. The number of carbonyl (C=O) groups is 1. The lowest BCUT2D eigenvalue weighted by atomic mass is 9.90. The molecule has 0 spiro atoms. The molecule has 0 saturated heterocycles. The smallest absolute Gasteiger partial charge is 0.328 e. The topological polar surface area (TPSA) is 81.0 Å². The van der Waals surface area contributed by atoms with Crippen molar-refractivity contribution in [2.75, 3.05) is 14.1 Å². The standard InChI is InChI=1S/C11H15NO4/c1-11(10(15)16,12(2)3)7-4-8(13)6-9(14)5-7/h4-6,13-14H,1-3H3,(H,15,16). The summed E-state index contributed by atoms with van der Waals surface area (Å²) in [6.45, 7) is 1.50. The van der Waals surface area contributed by atoms with E-state index >= 15 is 0 Å². The monoisotopic (exact) mass is 225 g/mol. The van der Waals surface area contributed by atoms with E-state index in [1.54, 1.807) is 14.1 Å². The molecule has 0 fully saturated rings. The molecule has 1 aromatic carbocycles. The maximum atomic E-state index is 11.3. The maximum Gasteiger partial charge on any atom is 0.328 e. The third-order valence-corrected chi connectivity index (χ3v) is 2.78. The van der Waals surface area contributed by atoms with Gasteiger partial charge >= 0.3 is 5.97 Å². The number of likely N-dealkylation sites (N-methyl/N-ethyl adjacent to an activating group) is 1. The molecular formula is C11H15NO4. The van der Waals surface area contributed by atoms with Crippen molar-refractivity contribution in [2.24, 2.45) is 0 Å². The van der Waals surface area contributed by atoms with E-state index in [0.717, 1.165) is 6.07 Å². The number of phenolic OH excluding ortho intramolecular Hbond substituents is 2. The molecule has 3 N–H and O–H groups in total. The number of carboxylic acid groups (broad SMARTS) is 1. The zero-order chi connectivity index (χ0) is 12.5. The summed E-state index contributed by atoms with van der Waals surface area (Å²) in [4.78, 5) is 12.8. The van der Waals surface area contributed by atoms with Crippen LogP contribution in [0.4, 0.5) is 0 Å². The first-order valence-electron chi connectivity index (χ1n) is 4.73. The Morgan fingerprint density at radius 3 is 1.94 bits per heavy atom. The molecule has 1 atom stereocenters. The fourth-order valence-electron chi connectivity index (χ4n) is 1.45. The summed E-state index contributed by atoms with van der Waals surface area (Å²) in [6.07, 6.45) is 0. The van der Waals surface area contributed by atoms with Gasteiger partial charge in [-0.2, -0.15) is 0 Å². The van der Waals surface area contributed by atoms with E-state index in [2.05, 4.69) is 0 Å². The van der Waals surface area contributed by atoms with Crippen LogP contribution >= 0.6 is 0 Å². The quantitative estimate of drug-likeness (QED) is 0.713. The van der Waals surface area contributed by atoms with Gasteiger partial charge in [-0.3, -0.25) is 4.90 Å². The van der Waals surface area contributed by atoms with Crippen molar-refractivity contribution in [3.8, 4) is 11.5 Å². The molecule has 0 saturated carbocycles. The number of aromatic hydroxyl groups is 2. The van der Waals surface area contributed by atoms with Gasteiger partial charge in [0.25, 0.3) is 0 Å². The zero-order valence-electron chi connectivity index (χ0n) is 9.43. The molecule has 5 heteroatoms. The molecule has 0 amide bonds. The Balaban J connectivity index is 3.38. The van der Waals surface area contributed by atoms with E-state index in [1.165, 1.54) is 24.0 Å².